The summed E-state index contributed by atoms with van der Waals surface area (Å²) in [6.07, 6.45) is -2.40. The summed E-state index contributed by atoms with van der Waals surface area (Å²) < 4.78 is 0. The van der Waals surface area contributed by atoms with Crippen LogP contribution in [-0.2, 0) is 65.6 Å². The Kier molecular flexibility index (Phi) is 23.9. The highest BCUT2D eigenvalue weighted by Crippen LogP contribution is 2.21. The van der Waals surface area contributed by atoms with Gasteiger partial charge in [-0.05, 0) is 79.8 Å². The second-order valence-electron chi connectivity index (χ2n) is 19.2. The Bertz CT molecular complexity index is 2370. The van der Waals surface area contributed by atoms with Gasteiger partial charge in [0, 0.05) is 25.3 Å². The molecule has 2 aromatic rings. The number of hydrogen-bond donors (Lipinski definition) is 13. The third-order valence-electron chi connectivity index (χ3n) is 12.7. The van der Waals surface area contributed by atoms with Gasteiger partial charge in [0.1, 0.15) is 53.8 Å². The minimum Gasteiger partial charge on any atom is -0.508 e. The quantitative estimate of drug-likeness (QED) is 0.0393. The Balaban J connectivity index is 1.80. The lowest BCUT2D eigenvalue weighted by atomic mass is 9.96. The average Bonchev–Trinajstić information content (AvgIpc) is 3.85. The second kappa shape index (κ2) is 29.2. The molecule has 2 aromatic carbocycles. The lowest BCUT2D eigenvalue weighted by Gasteiger charge is -2.32. The third-order valence-corrected chi connectivity index (χ3v) is 12.7. The van der Waals surface area contributed by atoms with Crippen molar-refractivity contribution < 1.29 is 68.1 Å². The molecule has 75 heavy (non-hydrogen) atoms. The highest BCUT2D eigenvalue weighted by atomic mass is 16.3. The van der Waals surface area contributed by atoms with E-state index in [4.69, 9.17) is 17.2 Å². The van der Waals surface area contributed by atoms with Crippen molar-refractivity contribution in [2.24, 2.45) is 35.0 Å². The van der Waals surface area contributed by atoms with Crippen molar-refractivity contribution in [3.8, 4) is 11.5 Å². The van der Waals surface area contributed by atoms with Crippen LogP contribution in [0, 0.1) is 17.8 Å². The lowest BCUT2D eigenvalue weighted by Crippen LogP contribution is -2.62. The van der Waals surface area contributed by atoms with Crippen LogP contribution in [0.25, 0.3) is 0 Å². The third kappa shape index (κ3) is 19.5. The van der Waals surface area contributed by atoms with Gasteiger partial charge >= 0.3 is 0 Å². The molecule has 0 aromatic heterocycles. The molecule has 10 atom stereocenters. The van der Waals surface area contributed by atoms with Gasteiger partial charge in [0.15, 0.2) is 0 Å². The van der Waals surface area contributed by atoms with Crippen molar-refractivity contribution in [1.29, 1.82) is 0 Å². The topological polar surface area (TPSA) is 414 Å². The summed E-state index contributed by atoms with van der Waals surface area (Å²) in [5.41, 5.74) is 17.6. The zero-order valence-electron chi connectivity index (χ0n) is 43.1. The van der Waals surface area contributed by atoms with Crippen LogP contribution in [0.4, 0.5) is 0 Å². The zero-order chi connectivity index (χ0) is 56.3. The zero-order valence-corrected chi connectivity index (χ0v) is 43.1. The van der Waals surface area contributed by atoms with E-state index in [9.17, 15) is 68.1 Å². The average molecular weight is 1050 g/mol. The number of nitrogens with one attached hydrogen (secondary N) is 7. The van der Waals surface area contributed by atoms with E-state index in [0.29, 0.717) is 18.4 Å². The number of amides is 11. The molecule has 412 valence electrons. The van der Waals surface area contributed by atoms with E-state index in [1.54, 1.807) is 46.8 Å². The second-order valence-corrected chi connectivity index (χ2v) is 19.2. The molecule has 0 spiro atoms. The minimum atomic E-state index is -1.73. The molecule has 3 rings (SSSR count). The van der Waals surface area contributed by atoms with Crippen molar-refractivity contribution in [3.63, 3.8) is 0 Å². The van der Waals surface area contributed by atoms with Crippen LogP contribution in [-0.4, -0.2) is 147 Å². The number of benzene rings is 2. The number of aromatic hydroxyl groups is 2. The van der Waals surface area contributed by atoms with E-state index in [2.05, 4.69) is 37.2 Å². The molecule has 1 saturated heterocycles. The Morgan fingerprint density at radius 1 is 0.627 bits per heavy atom. The number of primary amides is 3. The van der Waals surface area contributed by atoms with Crippen LogP contribution < -0.4 is 54.4 Å². The number of carbonyl (C=O) groups is 11. The fourth-order valence-electron chi connectivity index (χ4n) is 8.13. The summed E-state index contributed by atoms with van der Waals surface area (Å²) in [5.74, 6) is -11.3. The largest absolute Gasteiger partial charge is 0.508 e. The molecule has 1 fully saturated rings. The van der Waals surface area contributed by atoms with Crippen LogP contribution in [0.3, 0.4) is 0 Å². The molecule has 25 heteroatoms. The smallest absolute Gasteiger partial charge is 0.248 e. The summed E-state index contributed by atoms with van der Waals surface area (Å²) in [6.45, 7) is 8.90. The van der Waals surface area contributed by atoms with E-state index in [1.807, 2.05) is 0 Å². The van der Waals surface area contributed by atoms with Crippen molar-refractivity contribution >= 4 is 65.0 Å². The first-order valence-electron chi connectivity index (χ1n) is 24.7. The van der Waals surface area contributed by atoms with E-state index in [0.717, 1.165) is 10.5 Å². The molecular formula is C50H73N11O14. The number of nitrogens with zero attached hydrogens (tertiary/aromatic N) is 1. The maximum atomic E-state index is 14.3. The van der Waals surface area contributed by atoms with Crippen LogP contribution in [0.1, 0.15) is 91.2 Å². The molecule has 1 aliphatic rings. The van der Waals surface area contributed by atoms with Gasteiger partial charge in [-0.25, -0.2) is 0 Å². The molecule has 0 saturated carbocycles. The van der Waals surface area contributed by atoms with Crippen LogP contribution in [0.15, 0.2) is 48.5 Å². The number of aliphatic hydroxyl groups is 1. The van der Waals surface area contributed by atoms with Gasteiger partial charge in [0.2, 0.25) is 65.0 Å². The van der Waals surface area contributed by atoms with Gasteiger partial charge in [-0.15, -0.1) is 0 Å². The molecule has 11 amide bonds. The van der Waals surface area contributed by atoms with Gasteiger partial charge in [-0.3, -0.25) is 52.7 Å². The standard InChI is InChI=1S/C50H73N11O14/c1-7-26(4)41(43(53)68)59-49(74)40(25(2)3)58-47(72)35(23-38(52)66)57-45(70)33(18-19-37(51)65)56-48(73)36-9-8-20-61(36)50(75)42(28(6)62)60-46(71)34(22-30-12-16-32(64)17-13-30)55-39(67)24-54-44(69)27(5)21-29-10-14-31(63)15-11-29/h10-17,25-28,33-36,40-42,62-64H,7-9,18-24H2,1-6H3,(H2,51,65)(H2,52,66)(H2,53,68)(H,54,69)(H,55,67)(H,56,73)(H,57,70)(H,58,72)(H,59,74)(H,60,71)/t26?,27-,28?,33-,34-,35-,36?,40-,41-,42-/m0/s1. The molecule has 3 unspecified atom stereocenters. The van der Waals surface area contributed by atoms with Crippen molar-refractivity contribution in [2.45, 2.75) is 141 Å². The Hall–Kier alpha value is -7.83. The highest BCUT2D eigenvalue weighted by Gasteiger charge is 2.42. The summed E-state index contributed by atoms with van der Waals surface area (Å²) in [5, 5.41) is 47.7. The van der Waals surface area contributed by atoms with Crippen molar-refractivity contribution in [1.82, 2.24) is 42.1 Å². The van der Waals surface area contributed by atoms with Gasteiger partial charge < -0.3 is 74.6 Å². The number of phenols is 2. The van der Waals surface area contributed by atoms with Crippen LogP contribution >= 0.6 is 0 Å². The fourth-order valence-corrected chi connectivity index (χ4v) is 8.13. The molecular weight excluding hydrogens is 979 g/mol. The summed E-state index contributed by atoms with van der Waals surface area (Å²) in [4.78, 5) is 147. The van der Waals surface area contributed by atoms with E-state index >= 15 is 0 Å². The van der Waals surface area contributed by atoms with Crippen molar-refractivity contribution in [2.75, 3.05) is 13.1 Å². The first-order chi connectivity index (χ1) is 35.2. The number of aliphatic hydroxyl groups excluding tert-OH is 1. The van der Waals surface area contributed by atoms with E-state index < -0.39 is 151 Å². The van der Waals surface area contributed by atoms with Crippen LogP contribution in [0.2, 0.25) is 0 Å². The number of phenolic OH excluding ortho intramolecular Hbond substituents is 2. The number of hydrogen-bond acceptors (Lipinski definition) is 14. The number of likely N-dealkylation sites (tertiary alicyclic amines) is 1. The summed E-state index contributed by atoms with van der Waals surface area (Å²) in [7, 11) is 0. The summed E-state index contributed by atoms with van der Waals surface area (Å²) >= 11 is 0. The van der Waals surface area contributed by atoms with E-state index in [1.165, 1.54) is 43.3 Å². The van der Waals surface area contributed by atoms with E-state index in [-0.39, 0.29) is 43.2 Å². The minimum absolute atomic E-state index is 0.0278. The predicted molar refractivity (Wildman–Crippen MR) is 270 cm³/mol. The molecule has 16 N–H and O–H groups in total. The molecule has 0 radical (unpaired) electrons. The predicted octanol–water partition coefficient (Wildman–Crippen LogP) is -2.76. The molecule has 0 aliphatic carbocycles. The fraction of sp³-hybridized carbons (Fsp3) is 0.540. The Morgan fingerprint density at radius 3 is 1.68 bits per heavy atom. The Labute approximate surface area is 434 Å². The first kappa shape index (κ1) is 61.5. The van der Waals surface area contributed by atoms with Gasteiger partial charge in [0.25, 0.3) is 0 Å². The Morgan fingerprint density at radius 2 is 1.16 bits per heavy atom. The maximum Gasteiger partial charge on any atom is 0.248 e. The summed E-state index contributed by atoms with van der Waals surface area (Å²) in [6, 6.07) is 1.77. The number of carbonyl (C=O) groups excluding carboxylic acids is 11. The van der Waals surface area contributed by atoms with Gasteiger partial charge in [-0.1, -0.05) is 65.3 Å². The SMILES string of the molecule is CCC(C)[C@H](NC(=O)[C@@H](NC(=O)[C@H](CC(N)=O)NC(=O)[C@H](CCC(N)=O)NC(=O)C1CCCN1C(=O)[C@@H](NC(=O)[C@H](Cc1ccc(O)cc1)NC(=O)CNC(=O)[C@@H](C)Cc1ccc(O)cc1)C(C)O)C(C)C)C(N)=O. The van der Waals surface area contributed by atoms with Gasteiger partial charge in [0.05, 0.1) is 19.1 Å². The lowest BCUT2D eigenvalue weighted by molar-refractivity contribution is -0.144. The van der Waals surface area contributed by atoms with Gasteiger partial charge in [-0.2, -0.15) is 0 Å². The molecule has 25 nitrogen and oxygen atoms in total. The van der Waals surface area contributed by atoms with Crippen molar-refractivity contribution in [3.05, 3.63) is 59.7 Å². The van der Waals surface area contributed by atoms with Crippen LogP contribution in [0.5, 0.6) is 11.5 Å². The number of nitrogens with two attached hydrogens (primary N) is 3. The molecule has 1 aliphatic heterocycles. The maximum absolute atomic E-state index is 14.3. The number of rotatable bonds is 29. The highest BCUT2D eigenvalue weighted by molar-refractivity contribution is 5.99. The normalized spacial score (nSPS) is 16.7. The molecule has 0 bridgehead atoms. The first-order valence-corrected chi connectivity index (χ1v) is 24.7. The monoisotopic (exact) mass is 1050 g/mol. The molecule has 1 heterocycles.